The average Bonchev–Trinajstić information content (AvgIpc) is 3.70. The summed E-state index contributed by atoms with van der Waals surface area (Å²) in [7, 11) is 1.53. The van der Waals surface area contributed by atoms with Gasteiger partial charge in [0.15, 0.2) is 0 Å². The number of aliphatic hydroxyl groups is 2. The van der Waals surface area contributed by atoms with Gasteiger partial charge in [0.2, 0.25) is 17.6 Å². The van der Waals surface area contributed by atoms with Crippen LogP contribution in [0.3, 0.4) is 0 Å². The third-order valence-electron chi connectivity index (χ3n) is 10.7. The smallest absolute Gasteiger partial charge is 0.339 e. The quantitative estimate of drug-likeness (QED) is 0.0621. The Morgan fingerprint density at radius 3 is 2.11 bits per heavy atom. The molecule has 1 aliphatic heterocycles. The predicted octanol–water partition coefficient (Wildman–Crippen LogP) is 5.88. The summed E-state index contributed by atoms with van der Waals surface area (Å²) in [4.78, 5) is 57.1. The molecule has 1 aliphatic carbocycles. The highest BCUT2D eigenvalue weighted by Crippen LogP contribution is 2.47. The number of fused-ring (bicyclic) bond motifs is 1. The largest absolute Gasteiger partial charge is 0.499 e. The number of hydrogen-bond acceptors (Lipinski definition) is 11. The van der Waals surface area contributed by atoms with Gasteiger partial charge in [-0.05, 0) is 56.5 Å². The zero-order chi connectivity index (χ0) is 45.0. The molecular formula is C50H56N2O11. The van der Waals surface area contributed by atoms with Gasteiger partial charge in [0, 0.05) is 43.0 Å². The number of carbonyl (C=O) groups is 4. The van der Waals surface area contributed by atoms with E-state index in [1.54, 1.807) is 57.2 Å². The summed E-state index contributed by atoms with van der Waals surface area (Å²) >= 11 is 0. The summed E-state index contributed by atoms with van der Waals surface area (Å²) in [5.74, 6) is -3.62. The minimum atomic E-state index is -1.44. The minimum Gasteiger partial charge on any atom is -0.499 e. The second-order valence-electron chi connectivity index (χ2n) is 16.5. The number of benzene rings is 4. The molecule has 4 aromatic carbocycles. The molecule has 0 bridgehead atoms. The molecule has 2 amide bonds. The van der Waals surface area contributed by atoms with Crippen LogP contribution in [0.25, 0.3) is 6.08 Å². The van der Waals surface area contributed by atoms with E-state index in [4.69, 9.17) is 28.8 Å². The van der Waals surface area contributed by atoms with Gasteiger partial charge in [-0.3, -0.25) is 14.4 Å². The molecule has 13 heteroatoms. The van der Waals surface area contributed by atoms with Crippen molar-refractivity contribution in [3.05, 3.63) is 161 Å². The van der Waals surface area contributed by atoms with Crippen LogP contribution in [0, 0.1) is 0 Å². The highest BCUT2D eigenvalue weighted by Gasteiger charge is 2.55. The fourth-order valence-electron chi connectivity index (χ4n) is 7.66. The van der Waals surface area contributed by atoms with Crippen LogP contribution < -0.4 is 5.32 Å². The highest BCUT2D eigenvalue weighted by atomic mass is 16.8. The first-order chi connectivity index (χ1) is 30.3. The lowest BCUT2D eigenvalue weighted by Gasteiger charge is -2.34. The molecule has 0 spiro atoms. The number of carbonyl (C=O) groups excluding carboxylic acids is 4. The van der Waals surface area contributed by atoms with Gasteiger partial charge in [-0.15, -0.1) is 0 Å². The monoisotopic (exact) mass is 860 g/mol. The predicted molar refractivity (Wildman–Crippen MR) is 235 cm³/mol. The van der Waals surface area contributed by atoms with Gasteiger partial charge < -0.3 is 44.1 Å². The summed E-state index contributed by atoms with van der Waals surface area (Å²) in [6.07, 6.45) is 2.01. The molecular weight excluding hydrogens is 805 g/mol. The molecule has 4 aromatic rings. The molecule has 13 nitrogen and oxygen atoms in total. The summed E-state index contributed by atoms with van der Waals surface area (Å²) < 4.78 is 30.9. The van der Waals surface area contributed by atoms with E-state index >= 15 is 0 Å². The van der Waals surface area contributed by atoms with Crippen LogP contribution in [-0.4, -0.2) is 102 Å². The summed E-state index contributed by atoms with van der Waals surface area (Å²) in [5.41, 5.74) is 2.45. The number of esters is 2. The molecule has 2 aliphatic rings. The molecule has 1 heterocycles. The second kappa shape index (κ2) is 21.3. The number of likely N-dealkylation sites (N-methyl/N-ethyl adjacent to an activating group) is 1. The van der Waals surface area contributed by atoms with Crippen molar-refractivity contribution in [2.45, 2.75) is 88.2 Å². The fraction of sp³-hybridized carbons (Fsp3) is 0.360. The van der Waals surface area contributed by atoms with Crippen LogP contribution in [0.15, 0.2) is 133 Å². The van der Waals surface area contributed by atoms with E-state index < -0.39 is 72.1 Å². The van der Waals surface area contributed by atoms with Crippen molar-refractivity contribution in [3.8, 4) is 0 Å². The maximum atomic E-state index is 14.8. The van der Waals surface area contributed by atoms with E-state index in [0.29, 0.717) is 16.7 Å². The number of nitrogens with one attached hydrogen (secondary N) is 1. The Morgan fingerprint density at radius 2 is 1.49 bits per heavy atom. The third-order valence-corrected chi connectivity index (χ3v) is 10.7. The fourth-order valence-corrected chi connectivity index (χ4v) is 7.66. The summed E-state index contributed by atoms with van der Waals surface area (Å²) in [6.45, 7) is 4.75. The van der Waals surface area contributed by atoms with Gasteiger partial charge in [-0.2, -0.15) is 0 Å². The van der Waals surface area contributed by atoms with Crippen molar-refractivity contribution < 1.29 is 53.1 Å². The highest BCUT2D eigenvalue weighted by molar-refractivity contribution is 5.98. The Labute approximate surface area is 368 Å². The van der Waals surface area contributed by atoms with Crippen molar-refractivity contribution in [1.29, 1.82) is 0 Å². The molecule has 0 saturated carbocycles. The Morgan fingerprint density at radius 1 is 0.873 bits per heavy atom. The van der Waals surface area contributed by atoms with E-state index in [1.165, 1.54) is 18.2 Å². The van der Waals surface area contributed by atoms with Crippen molar-refractivity contribution in [3.63, 3.8) is 0 Å². The molecule has 5 atom stereocenters. The van der Waals surface area contributed by atoms with Crippen LogP contribution in [0.4, 0.5) is 0 Å². The van der Waals surface area contributed by atoms with Crippen LogP contribution >= 0.6 is 0 Å². The van der Waals surface area contributed by atoms with Gasteiger partial charge >= 0.3 is 11.9 Å². The first kappa shape index (κ1) is 46.4. The number of rotatable bonds is 18. The van der Waals surface area contributed by atoms with Crippen LogP contribution in [-0.2, 0) is 50.3 Å². The van der Waals surface area contributed by atoms with Crippen molar-refractivity contribution in [1.82, 2.24) is 10.2 Å². The molecule has 1 fully saturated rings. The molecule has 0 aromatic heterocycles. The molecule has 0 radical (unpaired) electrons. The first-order valence-corrected chi connectivity index (χ1v) is 21.1. The molecule has 5 unspecified atom stereocenters. The lowest BCUT2D eigenvalue weighted by atomic mass is 9.90. The van der Waals surface area contributed by atoms with Gasteiger partial charge in [-0.25, -0.2) is 4.79 Å². The zero-order valence-electron chi connectivity index (χ0n) is 36.1. The van der Waals surface area contributed by atoms with Gasteiger partial charge in [0.1, 0.15) is 36.6 Å². The number of hydrogen-bond donors (Lipinski definition) is 3. The van der Waals surface area contributed by atoms with Crippen LogP contribution in [0.1, 0.15) is 72.6 Å². The lowest BCUT2D eigenvalue weighted by Crippen LogP contribution is -2.53. The Bertz CT molecular complexity index is 2180. The minimum absolute atomic E-state index is 0.0375. The Balaban J connectivity index is 1.33. The third kappa shape index (κ3) is 11.9. The van der Waals surface area contributed by atoms with Gasteiger partial charge in [0.05, 0.1) is 31.1 Å². The zero-order valence-corrected chi connectivity index (χ0v) is 36.1. The van der Waals surface area contributed by atoms with Crippen molar-refractivity contribution in [2.24, 2.45) is 0 Å². The SMILES string of the molecule is CN(C(=O)C1=CC2OC(c3ccccc3)(c3ccccc3)OC2C(OC(=O)c2ccccc2C=COCCO)C1)C(Cc1ccccc1)C(=O)NC(CO)CCC(=O)OC(C)(C)C. The van der Waals surface area contributed by atoms with Gasteiger partial charge in [0.25, 0.3) is 0 Å². The summed E-state index contributed by atoms with van der Waals surface area (Å²) in [6, 6.07) is 33.0. The topological polar surface area (TPSA) is 170 Å². The first-order valence-electron chi connectivity index (χ1n) is 21.1. The van der Waals surface area contributed by atoms with E-state index in [2.05, 4.69) is 5.32 Å². The average molecular weight is 861 g/mol. The Kier molecular flexibility index (Phi) is 15.7. The van der Waals surface area contributed by atoms with E-state index in [1.807, 2.05) is 91.0 Å². The van der Waals surface area contributed by atoms with Crippen LogP contribution in [0.5, 0.6) is 0 Å². The maximum Gasteiger partial charge on any atom is 0.339 e. The van der Waals surface area contributed by atoms with Crippen LogP contribution in [0.2, 0.25) is 0 Å². The number of nitrogens with zero attached hydrogens (tertiary/aromatic N) is 1. The molecule has 63 heavy (non-hydrogen) atoms. The van der Waals surface area contributed by atoms with Crippen molar-refractivity contribution >= 4 is 29.8 Å². The van der Waals surface area contributed by atoms with E-state index in [-0.39, 0.29) is 50.0 Å². The summed E-state index contributed by atoms with van der Waals surface area (Å²) in [5, 5.41) is 22.3. The standard InChI is InChI=1S/C50H56N2O11/c1-49(2,3)62-44(55)25-24-39(33-54)51-46(56)41(30-34-16-8-5-9-17-34)52(4)47(57)36-31-42(60-48(58)40-23-15-14-18-35(40)26-28-59-29-27-53)45-43(32-36)61-50(63-45,37-19-10-6-11-20-37)38-21-12-7-13-22-38/h5-23,26,28,32,39,41-43,45,53-54H,24-25,27,29-31,33H2,1-4H3,(H,51,56). The number of aliphatic hydroxyl groups excluding tert-OH is 2. The second-order valence-corrected chi connectivity index (χ2v) is 16.5. The molecule has 6 rings (SSSR count). The molecule has 332 valence electrons. The van der Waals surface area contributed by atoms with E-state index in [0.717, 1.165) is 5.56 Å². The Hall–Kier alpha value is -6.12. The normalized spacial score (nSPS) is 19.0. The number of ether oxygens (including phenoxy) is 5. The molecule has 3 N–H and O–H groups in total. The molecule has 1 saturated heterocycles. The van der Waals surface area contributed by atoms with Gasteiger partial charge in [-0.1, -0.05) is 109 Å². The van der Waals surface area contributed by atoms with E-state index in [9.17, 15) is 24.3 Å². The lowest BCUT2D eigenvalue weighted by molar-refractivity contribution is -0.157. The maximum absolute atomic E-state index is 14.8. The number of amides is 2. The van der Waals surface area contributed by atoms with Crippen molar-refractivity contribution in [2.75, 3.05) is 26.9 Å².